The maximum Gasteiger partial charge on any atom is 0.224 e. The van der Waals surface area contributed by atoms with Crippen molar-refractivity contribution >= 4 is 11.6 Å². The third-order valence-corrected chi connectivity index (χ3v) is 3.14. The molecule has 0 heterocycles. The topological polar surface area (TPSA) is 52.9 Å². The summed E-state index contributed by atoms with van der Waals surface area (Å²) in [6.07, 6.45) is 1.10. The van der Waals surface area contributed by atoms with Crippen LogP contribution in [0.5, 0.6) is 0 Å². The first-order valence-electron chi connectivity index (χ1n) is 6.53. The van der Waals surface area contributed by atoms with Crippen molar-refractivity contribution in [1.29, 1.82) is 5.26 Å². The number of carbonyl (C=O) groups excluding carboxylic acids is 1. The molecule has 0 atom stereocenters. The lowest BCUT2D eigenvalue weighted by atomic mass is 10.1. The minimum absolute atomic E-state index is 0.00339. The van der Waals surface area contributed by atoms with Crippen LogP contribution in [0.3, 0.4) is 0 Å². The Morgan fingerprint density at radius 1 is 1.15 bits per heavy atom. The Balaban J connectivity index is 1.89. The molecule has 2 aromatic rings. The van der Waals surface area contributed by atoms with Gasteiger partial charge in [0, 0.05) is 12.1 Å². The highest BCUT2D eigenvalue weighted by Gasteiger charge is 2.04. The number of para-hydroxylation sites is 1. The second-order valence-corrected chi connectivity index (χ2v) is 4.67. The molecule has 3 nitrogen and oxygen atoms in total. The van der Waals surface area contributed by atoms with Crippen molar-refractivity contribution < 1.29 is 4.79 Å². The van der Waals surface area contributed by atoms with Gasteiger partial charge in [-0.1, -0.05) is 30.3 Å². The highest BCUT2D eigenvalue weighted by Crippen LogP contribution is 2.14. The van der Waals surface area contributed by atoms with E-state index in [4.69, 9.17) is 5.26 Å². The minimum Gasteiger partial charge on any atom is -0.326 e. The van der Waals surface area contributed by atoms with Crippen LogP contribution in [-0.2, 0) is 11.2 Å². The summed E-state index contributed by atoms with van der Waals surface area (Å²) in [6.45, 7) is 1.97. The molecule has 0 radical (unpaired) electrons. The Kier molecular flexibility index (Phi) is 4.52. The van der Waals surface area contributed by atoms with Crippen molar-refractivity contribution in [2.75, 3.05) is 5.32 Å². The fourth-order valence-corrected chi connectivity index (χ4v) is 1.93. The molecular weight excluding hydrogens is 248 g/mol. The molecule has 0 bridgehead atoms. The number of hydrogen-bond acceptors (Lipinski definition) is 2. The second-order valence-electron chi connectivity index (χ2n) is 4.67. The SMILES string of the molecule is Cc1ccccc1NC(=O)CCc1ccc(C#N)cc1. The van der Waals surface area contributed by atoms with Crippen molar-refractivity contribution in [3.63, 3.8) is 0 Å². The van der Waals surface area contributed by atoms with Gasteiger partial charge >= 0.3 is 0 Å². The van der Waals surface area contributed by atoms with Crippen LogP contribution in [0.1, 0.15) is 23.1 Å². The average Bonchev–Trinajstić information content (AvgIpc) is 2.48. The number of nitrogens with zero attached hydrogens (tertiary/aromatic N) is 1. The van der Waals surface area contributed by atoms with E-state index in [9.17, 15) is 4.79 Å². The van der Waals surface area contributed by atoms with E-state index < -0.39 is 0 Å². The van der Waals surface area contributed by atoms with Crippen molar-refractivity contribution in [2.24, 2.45) is 0 Å². The molecule has 0 unspecified atom stereocenters. The van der Waals surface area contributed by atoms with Crippen molar-refractivity contribution in [3.8, 4) is 6.07 Å². The fraction of sp³-hybridized carbons (Fsp3) is 0.176. The summed E-state index contributed by atoms with van der Waals surface area (Å²) >= 11 is 0. The van der Waals surface area contributed by atoms with Gasteiger partial charge in [-0.3, -0.25) is 4.79 Å². The first-order valence-corrected chi connectivity index (χ1v) is 6.53. The van der Waals surface area contributed by atoms with Crippen molar-refractivity contribution in [1.82, 2.24) is 0 Å². The van der Waals surface area contributed by atoms with Crippen LogP contribution in [-0.4, -0.2) is 5.91 Å². The standard InChI is InChI=1S/C17H16N2O/c1-13-4-2-3-5-16(13)19-17(20)11-10-14-6-8-15(12-18)9-7-14/h2-9H,10-11H2,1H3,(H,19,20). The number of amides is 1. The minimum atomic E-state index is 0.00339. The zero-order valence-electron chi connectivity index (χ0n) is 11.4. The average molecular weight is 264 g/mol. The quantitative estimate of drug-likeness (QED) is 0.919. The normalized spacial score (nSPS) is 9.80. The molecule has 2 rings (SSSR count). The van der Waals surface area contributed by atoms with Gasteiger partial charge in [-0.15, -0.1) is 0 Å². The Hall–Kier alpha value is -2.60. The maximum absolute atomic E-state index is 11.9. The van der Waals surface area contributed by atoms with E-state index in [-0.39, 0.29) is 5.91 Å². The Morgan fingerprint density at radius 3 is 2.50 bits per heavy atom. The predicted octanol–water partition coefficient (Wildman–Crippen LogP) is 3.44. The number of nitrogens with one attached hydrogen (secondary N) is 1. The third kappa shape index (κ3) is 3.69. The number of hydrogen-bond donors (Lipinski definition) is 1. The highest BCUT2D eigenvalue weighted by atomic mass is 16.1. The summed E-state index contributed by atoms with van der Waals surface area (Å²) < 4.78 is 0. The summed E-state index contributed by atoms with van der Waals surface area (Å²) in [6, 6.07) is 17.1. The van der Waals surface area contributed by atoms with E-state index in [1.807, 2.05) is 43.3 Å². The van der Waals surface area contributed by atoms with Crippen molar-refractivity contribution in [2.45, 2.75) is 19.8 Å². The number of aryl methyl sites for hydroxylation is 2. The zero-order valence-corrected chi connectivity index (χ0v) is 11.4. The van der Waals surface area contributed by atoms with E-state index in [0.29, 0.717) is 18.4 Å². The van der Waals surface area contributed by atoms with Gasteiger partial charge in [-0.25, -0.2) is 0 Å². The largest absolute Gasteiger partial charge is 0.326 e. The molecule has 0 aliphatic carbocycles. The molecule has 100 valence electrons. The lowest BCUT2D eigenvalue weighted by Crippen LogP contribution is -2.13. The summed E-state index contributed by atoms with van der Waals surface area (Å²) in [4.78, 5) is 11.9. The van der Waals surface area contributed by atoms with E-state index in [1.165, 1.54) is 0 Å². The van der Waals surface area contributed by atoms with Crippen LogP contribution < -0.4 is 5.32 Å². The van der Waals surface area contributed by atoms with Crippen LogP contribution in [0.15, 0.2) is 48.5 Å². The number of nitriles is 1. The molecular formula is C17H16N2O. The van der Waals surface area contributed by atoms with Gasteiger partial charge < -0.3 is 5.32 Å². The van der Waals surface area contributed by atoms with Crippen LogP contribution in [0, 0.1) is 18.3 Å². The smallest absolute Gasteiger partial charge is 0.224 e. The van der Waals surface area contributed by atoms with Crippen molar-refractivity contribution in [3.05, 3.63) is 65.2 Å². The molecule has 1 amide bonds. The lowest BCUT2D eigenvalue weighted by molar-refractivity contribution is -0.116. The van der Waals surface area contributed by atoms with Gasteiger partial charge in [0.25, 0.3) is 0 Å². The third-order valence-electron chi connectivity index (χ3n) is 3.14. The number of rotatable bonds is 4. The number of anilines is 1. The monoisotopic (exact) mass is 264 g/mol. The first-order chi connectivity index (χ1) is 9.69. The summed E-state index contributed by atoms with van der Waals surface area (Å²) in [5.41, 5.74) is 3.61. The molecule has 0 aliphatic rings. The summed E-state index contributed by atoms with van der Waals surface area (Å²) in [7, 11) is 0. The molecule has 0 fully saturated rings. The molecule has 3 heteroatoms. The van der Waals surface area contributed by atoms with E-state index in [1.54, 1.807) is 12.1 Å². The second kappa shape index (κ2) is 6.53. The van der Waals surface area contributed by atoms with Gasteiger partial charge in [-0.2, -0.15) is 5.26 Å². The molecule has 2 aromatic carbocycles. The summed E-state index contributed by atoms with van der Waals surface area (Å²) in [5.74, 6) is 0.00339. The Bertz CT molecular complexity index is 639. The van der Waals surface area contributed by atoms with Gasteiger partial charge in [0.05, 0.1) is 11.6 Å². The molecule has 0 spiro atoms. The Labute approximate surface area is 118 Å². The summed E-state index contributed by atoms with van der Waals surface area (Å²) in [5, 5.41) is 11.6. The number of benzene rings is 2. The molecule has 0 saturated heterocycles. The van der Waals surface area contributed by atoms with E-state index in [2.05, 4.69) is 11.4 Å². The number of carbonyl (C=O) groups is 1. The molecule has 0 aliphatic heterocycles. The van der Waals surface area contributed by atoms with Crippen LogP contribution in [0.25, 0.3) is 0 Å². The molecule has 1 N–H and O–H groups in total. The maximum atomic E-state index is 11.9. The van der Waals surface area contributed by atoms with Gasteiger partial charge in [0.2, 0.25) is 5.91 Å². The van der Waals surface area contributed by atoms with Crippen LogP contribution in [0.4, 0.5) is 5.69 Å². The van der Waals surface area contributed by atoms with Gasteiger partial charge in [-0.05, 0) is 42.7 Å². The van der Waals surface area contributed by atoms with Gasteiger partial charge in [0.15, 0.2) is 0 Å². The highest BCUT2D eigenvalue weighted by molar-refractivity contribution is 5.91. The lowest BCUT2D eigenvalue weighted by Gasteiger charge is -2.08. The van der Waals surface area contributed by atoms with Crippen LogP contribution in [0.2, 0.25) is 0 Å². The Morgan fingerprint density at radius 2 is 1.85 bits per heavy atom. The first kappa shape index (κ1) is 13.8. The van der Waals surface area contributed by atoms with E-state index >= 15 is 0 Å². The van der Waals surface area contributed by atoms with E-state index in [0.717, 1.165) is 16.8 Å². The fourth-order valence-electron chi connectivity index (χ4n) is 1.93. The van der Waals surface area contributed by atoms with Crippen LogP contribution >= 0.6 is 0 Å². The molecule has 20 heavy (non-hydrogen) atoms. The van der Waals surface area contributed by atoms with Gasteiger partial charge in [0.1, 0.15) is 0 Å². The molecule has 0 saturated carbocycles. The predicted molar refractivity (Wildman–Crippen MR) is 79.3 cm³/mol. The zero-order chi connectivity index (χ0) is 14.4. The molecule has 0 aromatic heterocycles.